The van der Waals surface area contributed by atoms with Crippen molar-refractivity contribution in [1.82, 2.24) is 0 Å². The van der Waals surface area contributed by atoms with Crippen LogP contribution in [-0.4, -0.2) is 12.1 Å². The van der Waals surface area contributed by atoms with E-state index in [2.05, 4.69) is 74.5 Å². The third-order valence-electron chi connectivity index (χ3n) is 6.50. The van der Waals surface area contributed by atoms with Crippen LogP contribution in [0.2, 0.25) is 0 Å². The van der Waals surface area contributed by atoms with E-state index in [4.69, 9.17) is 11.5 Å². The zero-order valence-electron chi connectivity index (χ0n) is 16.3. The number of hydrogen-bond donors (Lipinski definition) is 2. The highest BCUT2D eigenvalue weighted by molar-refractivity contribution is 5.45. The van der Waals surface area contributed by atoms with Crippen molar-refractivity contribution in [3.8, 4) is 0 Å². The summed E-state index contributed by atoms with van der Waals surface area (Å²) in [5, 5.41) is 0. The average molecular weight is 351 g/mol. The molecule has 2 aromatic carbocycles. The quantitative estimate of drug-likeness (QED) is 0.781. The maximum Gasteiger partial charge on any atom is 0.0419 e. The van der Waals surface area contributed by atoms with Crippen LogP contribution in [0.3, 0.4) is 0 Å². The lowest BCUT2D eigenvalue weighted by Gasteiger charge is -2.53. The van der Waals surface area contributed by atoms with Gasteiger partial charge in [-0.15, -0.1) is 0 Å². The molecule has 1 aliphatic rings. The lowest BCUT2D eigenvalue weighted by molar-refractivity contribution is 0.121. The Morgan fingerprint density at radius 1 is 0.846 bits per heavy atom. The molecule has 4 N–H and O–H groups in total. The van der Waals surface area contributed by atoms with Crippen molar-refractivity contribution < 1.29 is 0 Å². The number of nitrogens with two attached hydrogens (primary N) is 2. The maximum absolute atomic E-state index is 7.01. The van der Waals surface area contributed by atoms with Crippen LogP contribution < -0.4 is 11.5 Å². The van der Waals surface area contributed by atoms with E-state index in [-0.39, 0.29) is 5.41 Å². The first-order valence-corrected chi connectivity index (χ1v) is 10.1. The topological polar surface area (TPSA) is 52.0 Å². The Kier molecular flexibility index (Phi) is 5.84. The molecule has 0 bridgehead atoms. The maximum atomic E-state index is 7.01. The van der Waals surface area contributed by atoms with Gasteiger partial charge in [-0.1, -0.05) is 92.8 Å². The molecule has 3 rings (SSSR count). The molecule has 2 nitrogen and oxygen atoms in total. The molecular formula is C24H34N2. The molecule has 1 saturated carbocycles. The van der Waals surface area contributed by atoms with Crippen molar-refractivity contribution in [3.63, 3.8) is 0 Å². The predicted molar refractivity (Wildman–Crippen MR) is 111 cm³/mol. The Morgan fingerprint density at radius 3 is 1.69 bits per heavy atom. The highest BCUT2D eigenvalue weighted by atomic mass is 14.8. The fourth-order valence-corrected chi connectivity index (χ4v) is 5.48. The van der Waals surface area contributed by atoms with Gasteiger partial charge >= 0.3 is 0 Å². The van der Waals surface area contributed by atoms with Crippen LogP contribution in [0, 0.1) is 11.8 Å². The van der Waals surface area contributed by atoms with Crippen molar-refractivity contribution in [1.29, 1.82) is 0 Å². The summed E-state index contributed by atoms with van der Waals surface area (Å²) in [5.41, 5.74) is 15.4. The first-order chi connectivity index (χ1) is 12.5. The zero-order valence-corrected chi connectivity index (χ0v) is 16.3. The highest BCUT2D eigenvalue weighted by Gasteiger charge is 2.52. The fraction of sp³-hybridized carbons (Fsp3) is 0.500. The molecule has 0 aliphatic heterocycles. The Bertz CT molecular complexity index is 627. The molecule has 1 fully saturated rings. The van der Waals surface area contributed by atoms with Gasteiger partial charge in [0.25, 0.3) is 0 Å². The van der Waals surface area contributed by atoms with Gasteiger partial charge in [-0.05, 0) is 43.4 Å². The molecule has 26 heavy (non-hydrogen) atoms. The van der Waals surface area contributed by atoms with Crippen LogP contribution in [0.25, 0.3) is 0 Å². The summed E-state index contributed by atoms with van der Waals surface area (Å²) in [5.74, 6) is 0.949. The van der Waals surface area contributed by atoms with Gasteiger partial charge in [0, 0.05) is 11.0 Å². The molecule has 1 unspecified atom stereocenters. The van der Waals surface area contributed by atoms with Crippen molar-refractivity contribution >= 4 is 0 Å². The van der Waals surface area contributed by atoms with E-state index in [1.54, 1.807) is 0 Å². The van der Waals surface area contributed by atoms with Crippen LogP contribution >= 0.6 is 0 Å². The van der Waals surface area contributed by atoms with Gasteiger partial charge in [0.05, 0.1) is 0 Å². The molecule has 1 aliphatic carbocycles. The molecule has 0 aromatic heterocycles. The molecule has 2 aromatic rings. The lowest BCUT2D eigenvalue weighted by Crippen LogP contribution is -2.62. The average Bonchev–Trinajstić information content (AvgIpc) is 2.67. The number of hydrogen-bond acceptors (Lipinski definition) is 2. The molecule has 0 radical (unpaired) electrons. The zero-order chi connectivity index (χ0) is 18.6. The largest absolute Gasteiger partial charge is 0.330 e. The predicted octanol–water partition coefficient (Wildman–Crippen LogP) is 4.87. The van der Waals surface area contributed by atoms with Crippen LogP contribution in [0.1, 0.15) is 57.1 Å². The SMILES string of the molecule is CC(C)(N)C(c1ccccc1)(c1ccccc1)C(CN)C1CCCCC1. The third-order valence-corrected chi connectivity index (χ3v) is 6.50. The van der Waals surface area contributed by atoms with Gasteiger partial charge in [-0.3, -0.25) is 0 Å². The van der Waals surface area contributed by atoms with Crippen LogP contribution in [0.4, 0.5) is 0 Å². The Balaban J connectivity index is 2.26. The molecule has 0 spiro atoms. The summed E-state index contributed by atoms with van der Waals surface area (Å²) in [6, 6.07) is 21.7. The van der Waals surface area contributed by atoms with Gasteiger partial charge in [0.15, 0.2) is 0 Å². The van der Waals surface area contributed by atoms with E-state index in [0.29, 0.717) is 18.4 Å². The van der Waals surface area contributed by atoms with E-state index in [0.717, 1.165) is 0 Å². The summed E-state index contributed by atoms with van der Waals surface area (Å²) < 4.78 is 0. The molecule has 140 valence electrons. The second-order valence-corrected chi connectivity index (χ2v) is 8.50. The van der Waals surface area contributed by atoms with Crippen LogP contribution in [0.5, 0.6) is 0 Å². The summed E-state index contributed by atoms with van der Waals surface area (Å²) in [7, 11) is 0. The molecule has 0 saturated heterocycles. The van der Waals surface area contributed by atoms with Gasteiger partial charge in [-0.25, -0.2) is 0 Å². The molecule has 0 amide bonds. The van der Waals surface area contributed by atoms with Gasteiger partial charge in [0.2, 0.25) is 0 Å². The number of rotatable bonds is 6. The first-order valence-electron chi connectivity index (χ1n) is 10.1. The summed E-state index contributed by atoms with van der Waals surface area (Å²) in [6.45, 7) is 5.02. The Hall–Kier alpha value is -1.64. The Morgan fingerprint density at radius 2 is 1.31 bits per heavy atom. The van der Waals surface area contributed by atoms with Crippen LogP contribution in [0.15, 0.2) is 60.7 Å². The molecule has 0 heterocycles. The third kappa shape index (κ3) is 3.33. The molecule has 1 atom stereocenters. The van der Waals surface area contributed by atoms with E-state index >= 15 is 0 Å². The fourth-order valence-electron chi connectivity index (χ4n) is 5.48. The molecular weight excluding hydrogens is 316 g/mol. The van der Waals surface area contributed by atoms with E-state index in [9.17, 15) is 0 Å². The van der Waals surface area contributed by atoms with Crippen molar-refractivity contribution in [3.05, 3.63) is 71.8 Å². The van der Waals surface area contributed by atoms with E-state index in [1.807, 2.05) is 0 Å². The summed E-state index contributed by atoms with van der Waals surface area (Å²) in [6.07, 6.45) is 6.50. The standard InChI is InChI=1S/C24H34N2/c1-23(2,26)24(20-14-8-4-9-15-20,21-16-10-5-11-17-21)22(18-25)19-12-6-3-7-13-19/h4-5,8-11,14-17,19,22H,3,6-7,12-13,18,25-26H2,1-2H3. The summed E-state index contributed by atoms with van der Waals surface area (Å²) >= 11 is 0. The van der Waals surface area contributed by atoms with E-state index < -0.39 is 5.54 Å². The minimum atomic E-state index is -0.433. The smallest absolute Gasteiger partial charge is 0.0419 e. The minimum Gasteiger partial charge on any atom is -0.330 e. The highest BCUT2D eigenvalue weighted by Crippen LogP contribution is 2.51. The van der Waals surface area contributed by atoms with Crippen molar-refractivity contribution in [2.75, 3.05) is 6.54 Å². The Labute approximate surface area is 159 Å². The monoisotopic (exact) mass is 350 g/mol. The van der Waals surface area contributed by atoms with E-state index in [1.165, 1.54) is 43.2 Å². The second-order valence-electron chi connectivity index (χ2n) is 8.50. The summed E-state index contributed by atoms with van der Waals surface area (Å²) in [4.78, 5) is 0. The van der Waals surface area contributed by atoms with Crippen molar-refractivity contribution in [2.24, 2.45) is 23.3 Å². The minimum absolute atomic E-state index is 0.299. The van der Waals surface area contributed by atoms with Crippen molar-refractivity contribution in [2.45, 2.75) is 56.9 Å². The molecule has 2 heteroatoms. The van der Waals surface area contributed by atoms with Gasteiger partial charge in [-0.2, -0.15) is 0 Å². The van der Waals surface area contributed by atoms with Crippen LogP contribution in [-0.2, 0) is 5.41 Å². The van der Waals surface area contributed by atoms with Gasteiger partial charge < -0.3 is 11.5 Å². The first kappa shape index (κ1) is 19.1. The number of benzene rings is 2. The normalized spacial score (nSPS) is 17.8. The lowest BCUT2D eigenvalue weighted by atomic mass is 9.52. The second kappa shape index (κ2) is 7.94. The van der Waals surface area contributed by atoms with Gasteiger partial charge in [0.1, 0.15) is 0 Å².